The third kappa shape index (κ3) is 2.13. The number of hydrogen-bond acceptors (Lipinski definition) is 2. The van der Waals surface area contributed by atoms with Gasteiger partial charge in [0.15, 0.2) is 0 Å². The summed E-state index contributed by atoms with van der Waals surface area (Å²) in [5, 5.41) is 3.44. The summed E-state index contributed by atoms with van der Waals surface area (Å²) in [7, 11) is 3.85. The van der Waals surface area contributed by atoms with E-state index >= 15 is 0 Å². The molecular weight excluding hydrogens is 198 g/mol. The Labute approximate surface area is 98.0 Å². The first-order chi connectivity index (χ1) is 7.76. The molecule has 0 aromatic heterocycles. The van der Waals surface area contributed by atoms with Crippen LogP contribution in [-0.2, 0) is 11.2 Å². The number of ether oxygens (including phenoxy) is 1. The van der Waals surface area contributed by atoms with Crippen molar-refractivity contribution in [2.24, 2.45) is 5.92 Å². The van der Waals surface area contributed by atoms with Gasteiger partial charge in [0.1, 0.15) is 0 Å². The molecular formula is C14H21NO. The molecule has 0 saturated heterocycles. The highest BCUT2D eigenvalue weighted by Crippen LogP contribution is 2.38. The molecule has 1 aromatic rings. The van der Waals surface area contributed by atoms with Gasteiger partial charge < -0.3 is 10.1 Å². The Hall–Kier alpha value is -0.860. The molecule has 2 rings (SSSR count). The Morgan fingerprint density at radius 1 is 1.44 bits per heavy atom. The van der Waals surface area contributed by atoms with Crippen molar-refractivity contribution in [3.05, 3.63) is 35.4 Å². The van der Waals surface area contributed by atoms with Gasteiger partial charge >= 0.3 is 0 Å². The van der Waals surface area contributed by atoms with Crippen molar-refractivity contribution in [3.8, 4) is 0 Å². The van der Waals surface area contributed by atoms with Crippen molar-refractivity contribution >= 4 is 0 Å². The molecule has 88 valence electrons. The van der Waals surface area contributed by atoms with Gasteiger partial charge in [0.05, 0.1) is 6.10 Å². The summed E-state index contributed by atoms with van der Waals surface area (Å²) in [6, 6.07) is 9.25. The molecule has 1 aliphatic carbocycles. The quantitative estimate of drug-likeness (QED) is 0.840. The zero-order chi connectivity index (χ0) is 11.5. The van der Waals surface area contributed by atoms with E-state index in [0.29, 0.717) is 18.1 Å². The van der Waals surface area contributed by atoms with Crippen molar-refractivity contribution < 1.29 is 4.74 Å². The summed E-state index contributed by atoms with van der Waals surface area (Å²) in [5.74, 6) is 0.664. The van der Waals surface area contributed by atoms with Crippen molar-refractivity contribution in [2.45, 2.75) is 31.9 Å². The van der Waals surface area contributed by atoms with E-state index in [1.165, 1.54) is 17.5 Å². The zero-order valence-corrected chi connectivity index (χ0v) is 10.4. The van der Waals surface area contributed by atoms with Gasteiger partial charge in [-0.15, -0.1) is 0 Å². The standard InChI is InChI=1S/C14H21NO/c1-10(16-3)8-12-9-11-6-4-5-7-13(11)14(12)15-2/h4-7,10,12,14-15H,8-9H2,1-3H3. The second-order valence-electron chi connectivity index (χ2n) is 4.71. The van der Waals surface area contributed by atoms with E-state index < -0.39 is 0 Å². The second kappa shape index (κ2) is 4.98. The Morgan fingerprint density at radius 3 is 2.88 bits per heavy atom. The van der Waals surface area contributed by atoms with Crippen LogP contribution in [0.25, 0.3) is 0 Å². The molecule has 1 N–H and O–H groups in total. The molecule has 2 nitrogen and oxygen atoms in total. The summed E-state index contributed by atoms with van der Waals surface area (Å²) in [4.78, 5) is 0. The molecule has 0 radical (unpaired) electrons. The second-order valence-corrected chi connectivity index (χ2v) is 4.71. The predicted octanol–water partition coefficient (Wildman–Crippen LogP) is 2.54. The van der Waals surface area contributed by atoms with E-state index in [1.807, 2.05) is 0 Å². The monoisotopic (exact) mass is 219 g/mol. The molecule has 16 heavy (non-hydrogen) atoms. The minimum Gasteiger partial charge on any atom is -0.382 e. The highest BCUT2D eigenvalue weighted by Gasteiger charge is 2.31. The molecule has 0 amide bonds. The van der Waals surface area contributed by atoms with Crippen molar-refractivity contribution in [2.75, 3.05) is 14.2 Å². The fourth-order valence-electron chi connectivity index (χ4n) is 2.81. The summed E-state index contributed by atoms with van der Waals surface area (Å²) >= 11 is 0. The molecule has 3 atom stereocenters. The smallest absolute Gasteiger partial charge is 0.0546 e. The molecule has 0 spiro atoms. The van der Waals surface area contributed by atoms with Crippen LogP contribution in [0.1, 0.15) is 30.5 Å². The maximum atomic E-state index is 5.38. The topological polar surface area (TPSA) is 21.3 Å². The van der Waals surface area contributed by atoms with Gasteiger partial charge in [-0.3, -0.25) is 0 Å². The molecule has 0 aliphatic heterocycles. The minimum atomic E-state index is 0.343. The van der Waals surface area contributed by atoms with E-state index in [2.05, 4.69) is 43.6 Å². The van der Waals surface area contributed by atoms with E-state index in [1.54, 1.807) is 7.11 Å². The van der Waals surface area contributed by atoms with E-state index in [0.717, 1.165) is 6.42 Å². The highest BCUT2D eigenvalue weighted by molar-refractivity contribution is 5.35. The average Bonchev–Trinajstić information content (AvgIpc) is 2.65. The third-order valence-electron chi connectivity index (χ3n) is 3.69. The van der Waals surface area contributed by atoms with Gasteiger partial charge in [-0.2, -0.15) is 0 Å². The fraction of sp³-hybridized carbons (Fsp3) is 0.571. The Morgan fingerprint density at radius 2 is 2.19 bits per heavy atom. The number of nitrogens with one attached hydrogen (secondary N) is 1. The van der Waals surface area contributed by atoms with Crippen molar-refractivity contribution in [1.82, 2.24) is 5.32 Å². The van der Waals surface area contributed by atoms with Crippen LogP contribution >= 0.6 is 0 Å². The predicted molar refractivity (Wildman–Crippen MR) is 66.5 cm³/mol. The Kier molecular flexibility index (Phi) is 3.62. The molecule has 0 bridgehead atoms. The summed E-state index contributed by atoms with van der Waals surface area (Å²) in [5.41, 5.74) is 2.97. The molecule has 0 fully saturated rings. The van der Waals surface area contributed by atoms with Crippen LogP contribution in [0.15, 0.2) is 24.3 Å². The van der Waals surface area contributed by atoms with Gasteiger partial charge in [-0.05, 0) is 43.9 Å². The molecule has 3 unspecified atom stereocenters. The lowest BCUT2D eigenvalue weighted by atomic mass is 9.94. The molecule has 0 saturated carbocycles. The minimum absolute atomic E-state index is 0.343. The van der Waals surface area contributed by atoms with Gasteiger partial charge in [0.25, 0.3) is 0 Å². The lowest BCUT2D eigenvalue weighted by Crippen LogP contribution is -2.24. The van der Waals surface area contributed by atoms with Gasteiger partial charge in [-0.1, -0.05) is 24.3 Å². The lowest BCUT2D eigenvalue weighted by molar-refractivity contribution is 0.0904. The lowest BCUT2D eigenvalue weighted by Gasteiger charge is -2.22. The van der Waals surface area contributed by atoms with Gasteiger partial charge in [0, 0.05) is 13.2 Å². The fourth-order valence-corrected chi connectivity index (χ4v) is 2.81. The molecule has 1 aliphatic rings. The Balaban J connectivity index is 2.14. The van der Waals surface area contributed by atoms with Crippen LogP contribution in [0.4, 0.5) is 0 Å². The van der Waals surface area contributed by atoms with E-state index in [-0.39, 0.29) is 0 Å². The summed E-state index contributed by atoms with van der Waals surface area (Å²) in [6.07, 6.45) is 2.64. The number of rotatable bonds is 4. The number of hydrogen-bond donors (Lipinski definition) is 1. The highest BCUT2D eigenvalue weighted by atomic mass is 16.5. The van der Waals surface area contributed by atoms with E-state index in [9.17, 15) is 0 Å². The maximum absolute atomic E-state index is 5.38. The SMILES string of the molecule is CNC1c2ccccc2CC1CC(C)OC. The number of benzene rings is 1. The summed E-state index contributed by atoms with van der Waals surface area (Å²) in [6.45, 7) is 2.15. The summed E-state index contributed by atoms with van der Waals surface area (Å²) < 4.78 is 5.38. The third-order valence-corrected chi connectivity index (χ3v) is 3.69. The van der Waals surface area contributed by atoms with Gasteiger partial charge in [-0.25, -0.2) is 0 Å². The average molecular weight is 219 g/mol. The molecule has 0 heterocycles. The number of fused-ring (bicyclic) bond motifs is 1. The zero-order valence-electron chi connectivity index (χ0n) is 10.4. The van der Waals surface area contributed by atoms with Crippen molar-refractivity contribution in [3.63, 3.8) is 0 Å². The largest absolute Gasteiger partial charge is 0.382 e. The normalized spacial score (nSPS) is 25.4. The van der Waals surface area contributed by atoms with Crippen LogP contribution in [0.5, 0.6) is 0 Å². The first kappa shape index (κ1) is 11.6. The van der Waals surface area contributed by atoms with Crippen LogP contribution in [0.2, 0.25) is 0 Å². The van der Waals surface area contributed by atoms with Gasteiger partial charge in [0.2, 0.25) is 0 Å². The molecule has 2 heteroatoms. The van der Waals surface area contributed by atoms with Crippen LogP contribution in [0.3, 0.4) is 0 Å². The molecule has 1 aromatic carbocycles. The first-order valence-electron chi connectivity index (χ1n) is 6.04. The maximum Gasteiger partial charge on any atom is 0.0546 e. The van der Waals surface area contributed by atoms with Crippen LogP contribution < -0.4 is 5.32 Å². The Bertz CT molecular complexity index is 350. The first-order valence-corrected chi connectivity index (χ1v) is 6.04. The van der Waals surface area contributed by atoms with Crippen LogP contribution in [0, 0.1) is 5.92 Å². The number of methoxy groups -OCH3 is 1. The van der Waals surface area contributed by atoms with E-state index in [4.69, 9.17) is 4.74 Å². The van der Waals surface area contributed by atoms with Crippen molar-refractivity contribution in [1.29, 1.82) is 0 Å². The van der Waals surface area contributed by atoms with Crippen LogP contribution in [-0.4, -0.2) is 20.3 Å².